The predicted octanol–water partition coefficient (Wildman–Crippen LogP) is 3.72. The van der Waals surface area contributed by atoms with E-state index in [0.29, 0.717) is 13.2 Å². The topological polar surface area (TPSA) is 78.0 Å². The van der Waals surface area contributed by atoms with E-state index in [1.807, 2.05) is 25.7 Å². The molecule has 1 atom stereocenters. The van der Waals surface area contributed by atoms with Gasteiger partial charge in [-0.25, -0.2) is 4.99 Å². The molecule has 3 N–H and O–H groups in total. The smallest absolute Gasteiger partial charge is 0.243 e. The van der Waals surface area contributed by atoms with Crippen LogP contribution >= 0.6 is 0 Å². The Kier molecular flexibility index (Phi) is 11.8. The van der Waals surface area contributed by atoms with Gasteiger partial charge in [-0.15, -0.1) is 0 Å². The van der Waals surface area contributed by atoms with Crippen molar-refractivity contribution in [1.82, 2.24) is 20.9 Å². The van der Waals surface area contributed by atoms with Crippen molar-refractivity contribution in [2.75, 3.05) is 19.7 Å². The van der Waals surface area contributed by atoms with E-state index in [-0.39, 0.29) is 12.5 Å². The number of nitrogens with zero attached hydrogens (tertiary/aromatic N) is 2. The lowest BCUT2D eigenvalue weighted by atomic mass is 10.1. The SMILES string of the molecule is CC.CCCCOC1/N=C(\C)N(Cc2cccc(CNCC3CC3)c2)CC(=O)N/C=C/N1. The van der Waals surface area contributed by atoms with E-state index in [1.54, 1.807) is 12.4 Å². The summed E-state index contributed by atoms with van der Waals surface area (Å²) in [4.78, 5) is 19.0. The predicted molar refractivity (Wildman–Crippen MR) is 131 cm³/mol. The van der Waals surface area contributed by atoms with Gasteiger partial charge in [0.25, 0.3) is 0 Å². The van der Waals surface area contributed by atoms with Crippen LogP contribution in [0.3, 0.4) is 0 Å². The number of benzene rings is 1. The Balaban J connectivity index is 0.00000176. The summed E-state index contributed by atoms with van der Waals surface area (Å²) in [5, 5.41) is 9.42. The lowest BCUT2D eigenvalue weighted by molar-refractivity contribution is -0.120. The normalized spacial score (nSPS) is 21.4. The number of amidine groups is 1. The van der Waals surface area contributed by atoms with E-state index in [2.05, 4.69) is 52.1 Å². The summed E-state index contributed by atoms with van der Waals surface area (Å²) >= 11 is 0. The lowest BCUT2D eigenvalue weighted by Crippen LogP contribution is -2.41. The van der Waals surface area contributed by atoms with Gasteiger partial charge in [0.15, 0.2) is 0 Å². The minimum absolute atomic E-state index is 0.0739. The quantitative estimate of drug-likeness (QED) is 0.481. The molecule has 0 saturated heterocycles. The Hall–Kier alpha value is -2.38. The van der Waals surface area contributed by atoms with Crippen LogP contribution < -0.4 is 16.0 Å². The molecule has 1 aliphatic carbocycles. The third kappa shape index (κ3) is 9.83. The van der Waals surface area contributed by atoms with Crippen molar-refractivity contribution < 1.29 is 9.53 Å². The molecule has 1 aliphatic heterocycles. The molecular formula is C25H41N5O2. The van der Waals surface area contributed by atoms with Crippen LogP contribution in [0.2, 0.25) is 0 Å². The van der Waals surface area contributed by atoms with Gasteiger partial charge in [0.2, 0.25) is 12.3 Å². The summed E-state index contributed by atoms with van der Waals surface area (Å²) in [5.41, 5.74) is 2.42. The van der Waals surface area contributed by atoms with Crippen LogP contribution in [0.1, 0.15) is 64.5 Å². The largest absolute Gasteiger partial charge is 0.347 e. The maximum Gasteiger partial charge on any atom is 0.243 e. The summed E-state index contributed by atoms with van der Waals surface area (Å²) < 4.78 is 5.84. The van der Waals surface area contributed by atoms with E-state index in [4.69, 9.17) is 4.74 Å². The van der Waals surface area contributed by atoms with Gasteiger partial charge in [0.05, 0.1) is 13.2 Å². The first-order valence-electron chi connectivity index (χ1n) is 12.0. The maximum absolute atomic E-state index is 12.3. The van der Waals surface area contributed by atoms with Gasteiger partial charge in [-0.3, -0.25) is 4.79 Å². The first kappa shape index (κ1) is 25.9. The van der Waals surface area contributed by atoms with Crippen LogP contribution in [0.5, 0.6) is 0 Å². The summed E-state index contributed by atoms with van der Waals surface area (Å²) in [6.07, 6.45) is 7.56. The molecule has 0 radical (unpaired) electrons. The van der Waals surface area contributed by atoms with Crippen LogP contribution in [0.4, 0.5) is 0 Å². The summed E-state index contributed by atoms with van der Waals surface area (Å²) in [6, 6.07) is 8.53. The van der Waals surface area contributed by atoms with Gasteiger partial charge in [0.1, 0.15) is 5.84 Å². The fraction of sp³-hybridized carbons (Fsp3) is 0.600. The molecule has 7 heteroatoms. The first-order valence-corrected chi connectivity index (χ1v) is 12.0. The number of nitrogens with one attached hydrogen (secondary N) is 3. The Bertz CT molecular complexity index is 746. The second-order valence-corrected chi connectivity index (χ2v) is 8.07. The summed E-state index contributed by atoms with van der Waals surface area (Å²) in [7, 11) is 0. The summed E-state index contributed by atoms with van der Waals surface area (Å²) in [6.45, 7) is 11.5. The molecule has 32 heavy (non-hydrogen) atoms. The van der Waals surface area contributed by atoms with E-state index in [0.717, 1.165) is 43.2 Å². The van der Waals surface area contributed by atoms with Gasteiger partial charge in [-0.05, 0) is 49.8 Å². The molecule has 0 spiro atoms. The minimum Gasteiger partial charge on any atom is -0.347 e. The highest BCUT2D eigenvalue weighted by molar-refractivity contribution is 5.87. The number of hydrogen-bond acceptors (Lipinski definition) is 6. The van der Waals surface area contributed by atoms with E-state index in [1.165, 1.54) is 18.4 Å². The molecule has 2 aliphatic rings. The number of carbonyl (C=O) groups is 1. The van der Waals surface area contributed by atoms with Crippen molar-refractivity contribution in [2.24, 2.45) is 10.9 Å². The highest BCUT2D eigenvalue weighted by Gasteiger charge is 2.20. The molecule has 1 unspecified atom stereocenters. The zero-order chi connectivity index (χ0) is 23.2. The second kappa shape index (κ2) is 14.6. The van der Waals surface area contributed by atoms with E-state index in [9.17, 15) is 4.79 Å². The molecule has 7 nitrogen and oxygen atoms in total. The monoisotopic (exact) mass is 443 g/mol. The van der Waals surface area contributed by atoms with Crippen molar-refractivity contribution in [2.45, 2.75) is 72.8 Å². The lowest BCUT2D eigenvalue weighted by Gasteiger charge is -2.26. The Morgan fingerprint density at radius 1 is 1.22 bits per heavy atom. The fourth-order valence-corrected chi connectivity index (χ4v) is 3.28. The molecule has 178 valence electrons. The zero-order valence-electron chi connectivity index (χ0n) is 20.2. The highest BCUT2D eigenvalue weighted by atomic mass is 16.5. The molecule has 1 aromatic carbocycles. The van der Waals surface area contributed by atoms with Crippen LogP contribution in [-0.4, -0.2) is 42.7 Å². The Morgan fingerprint density at radius 3 is 2.75 bits per heavy atom. The van der Waals surface area contributed by atoms with Crippen molar-refractivity contribution in [3.05, 3.63) is 47.8 Å². The minimum atomic E-state index is -0.469. The molecule has 1 saturated carbocycles. The van der Waals surface area contributed by atoms with Crippen molar-refractivity contribution >= 4 is 11.7 Å². The summed E-state index contributed by atoms with van der Waals surface area (Å²) in [5.74, 6) is 1.57. The number of unbranched alkanes of at least 4 members (excludes halogenated alkanes) is 1. The van der Waals surface area contributed by atoms with Gasteiger partial charge in [-0.2, -0.15) is 0 Å². The van der Waals surface area contributed by atoms with Crippen molar-refractivity contribution in [1.29, 1.82) is 0 Å². The van der Waals surface area contributed by atoms with Crippen molar-refractivity contribution in [3.63, 3.8) is 0 Å². The number of carbonyl (C=O) groups excluding carboxylic acids is 1. The van der Waals surface area contributed by atoms with Gasteiger partial charge in [-0.1, -0.05) is 51.5 Å². The number of ether oxygens (including phenoxy) is 1. The third-order valence-corrected chi connectivity index (χ3v) is 5.26. The van der Waals surface area contributed by atoms with Crippen LogP contribution in [0.15, 0.2) is 41.7 Å². The van der Waals surface area contributed by atoms with Crippen molar-refractivity contribution in [3.8, 4) is 0 Å². The molecule has 1 aromatic rings. The molecule has 0 bridgehead atoms. The van der Waals surface area contributed by atoms with Crippen LogP contribution in [0, 0.1) is 5.92 Å². The van der Waals surface area contributed by atoms with Gasteiger partial charge in [0, 0.05) is 25.5 Å². The zero-order valence-corrected chi connectivity index (χ0v) is 20.2. The number of aliphatic imine (C=N–C) groups is 1. The van der Waals surface area contributed by atoms with Crippen LogP contribution in [-0.2, 0) is 22.6 Å². The van der Waals surface area contributed by atoms with Gasteiger partial charge < -0.3 is 25.6 Å². The molecule has 1 amide bonds. The number of amides is 1. The average molecular weight is 444 g/mol. The Morgan fingerprint density at radius 2 is 2.00 bits per heavy atom. The second-order valence-electron chi connectivity index (χ2n) is 8.07. The van der Waals surface area contributed by atoms with E-state index >= 15 is 0 Å². The fourth-order valence-electron chi connectivity index (χ4n) is 3.28. The molecule has 0 aromatic heterocycles. The number of rotatable bonds is 10. The number of hydrogen-bond donors (Lipinski definition) is 3. The average Bonchev–Trinajstić information content (AvgIpc) is 3.62. The molecule has 1 heterocycles. The highest BCUT2D eigenvalue weighted by Crippen LogP contribution is 2.27. The maximum atomic E-state index is 12.3. The Labute approximate surface area is 193 Å². The van der Waals surface area contributed by atoms with E-state index < -0.39 is 6.35 Å². The molecule has 3 rings (SSSR count). The standard InChI is InChI=1S/C23H35N5O2.C2H6/c1-3-4-12-30-23-26-11-10-25-22(29)17-28(18(2)27-23)16-21-7-5-6-20(13-21)15-24-14-19-8-9-19;1-2/h5-7,10-11,13,19,23-24,26H,3-4,8-9,12,14-17H2,1-2H3,(H,25,29);1-2H3/b11-10+,27-18+;. The van der Waals surface area contributed by atoms with Crippen LogP contribution in [0.25, 0.3) is 0 Å². The third-order valence-electron chi connectivity index (χ3n) is 5.26. The molecule has 1 fully saturated rings. The molecular weight excluding hydrogens is 402 g/mol. The van der Waals surface area contributed by atoms with Gasteiger partial charge >= 0.3 is 0 Å². The first-order chi connectivity index (χ1) is 15.6.